The smallest absolute Gasteiger partial charge is 0.138 e. The van der Waals surface area contributed by atoms with Gasteiger partial charge in [0.1, 0.15) is 11.6 Å². The van der Waals surface area contributed by atoms with Crippen LogP contribution in [-0.4, -0.2) is 12.6 Å². The summed E-state index contributed by atoms with van der Waals surface area (Å²) in [5.74, 6) is 5.95. The van der Waals surface area contributed by atoms with Crippen molar-refractivity contribution in [3.63, 3.8) is 0 Å². The number of halogens is 1. The first-order valence-corrected chi connectivity index (χ1v) is 6.45. The van der Waals surface area contributed by atoms with E-state index in [2.05, 4.69) is 11.8 Å². The van der Waals surface area contributed by atoms with Gasteiger partial charge in [0.15, 0.2) is 0 Å². The SMILES string of the molecule is NCC#Cc1ccc(F)cc1OC1CCCCC1. The highest BCUT2D eigenvalue weighted by molar-refractivity contribution is 5.46. The van der Waals surface area contributed by atoms with Gasteiger partial charge in [0.2, 0.25) is 0 Å². The van der Waals surface area contributed by atoms with Gasteiger partial charge in [0, 0.05) is 6.07 Å². The lowest BCUT2D eigenvalue weighted by atomic mass is 9.97. The molecule has 1 aliphatic carbocycles. The summed E-state index contributed by atoms with van der Waals surface area (Å²) in [6.07, 6.45) is 5.91. The average molecular weight is 247 g/mol. The van der Waals surface area contributed by atoms with Crippen molar-refractivity contribution in [1.82, 2.24) is 0 Å². The Morgan fingerprint density at radius 2 is 2.06 bits per heavy atom. The van der Waals surface area contributed by atoms with E-state index >= 15 is 0 Å². The first-order valence-electron chi connectivity index (χ1n) is 6.45. The van der Waals surface area contributed by atoms with Gasteiger partial charge in [0.05, 0.1) is 18.2 Å². The Balaban J connectivity index is 2.15. The third kappa shape index (κ3) is 3.48. The summed E-state index contributed by atoms with van der Waals surface area (Å²) in [5.41, 5.74) is 6.07. The van der Waals surface area contributed by atoms with E-state index in [4.69, 9.17) is 10.5 Å². The maximum atomic E-state index is 13.3. The number of nitrogens with two attached hydrogens (primary N) is 1. The van der Waals surface area contributed by atoms with Gasteiger partial charge in [-0.15, -0.1) is 0 Å². The molecule has 0 saturated heterocycles. The van der Waals surface area contributed by atoms with Crippen molar-refractivity contribution >= 4 is 0 Å². The van der Waals surface area contributed by atoms with Gasteiger partial charge < -0.3 is 10.5 Å². The second kappa shape index (κ2) is 6.42. The Labute approximate surface area is 107 Å². The van der Waals surface area contributed by atoms with Crippen LogP contribution in [0.1, 0.15) is 37.7 Å². The minimum Gasteiger partial charge on any atom is -0.489 e. The zero-order valence-electron chi connectivity index (χ0n) is 10.4. The molecule has 0 aliphatic heterocycles. The topological polar surface area (TPSA) is 35.2 Å². The molecule has 0 spiro atoms. The van der Waals surface area contributed by atoms with Gasteiger partial charge in [-0.3, -0.25) is 0 Å². The summed E-state index contributed by atoms with van der Waals surface area (Å²) < 4.78 is 19.2. The van der Waals surface area contributed by atoms with Crippen LogP contribution in [0.15, 0.2) is 18.2 Å². The van der Waals surface area contributed by atoms with E-state index in [1.165, 1.54) is 31.4 Å². The van der Waals surface area contributed by atoms with E-state index in [0.29, 0.717) is 17.9 Å². The highest BCUT2D eigenvalue weighted by Gasteiger charge is 2.16. The Morgan fingerprint density at radius 1 is 1.28 bits per heavy atom. The van der Waals surface area contributed by atoms with E-state index in [1.54, 1.807) is 6.07 Å². The second-order valence-electron chi connectivity index (χ2n) is 4.52. The Bertz CT molecular complexity index is 455. The molecule has 18 heavy (non-hydrogen) atoms. The molecule has 1 aromatic rings. The maximum Gasteiger partial charge on any atom is 0.138 e. The van der Waals surface area contributed by atoms with Crippen LogP contribution in [0.4, 0.5) is 4.39 Å². The minimum atomic E-state index is -0.292. The van der Waals surface area contributed by atoms with Crippen molar-refractivity contribution < 1.29 is 9.13 Å². The lowest BCUT2D eigenvalue weighted by Crippen LogP contribution is -2.20. The number of hydrogen-bond donors (Lipinski definition) is 1. The van der Waals surface area contributed by atoms with E-state index in [0.717, 1.165) is 12.8 Å². The molecule has 96 valence electrons. The molecule has 1 saturated carbocycles. The third-order valence-electron chi connectivity index (χ3n) is 3.11. The van der Waals surface area contributed by atoms with Crippen LogP contribution < -0.4 is 10.5 Å². The van der Waals surface area contributed by atoms with E-state index in [-0.39, 0.29) is 11.9 Å². The minimum absolute atomic E-state index is 0.193. The highest BCUT2D eigenvalue weighted by atomic mass is 19.1. The van der Waals surface area contributed by atoms with Crippen LogP contribution >= 0.6 is 0 Å². The molecule has 2 N–H and O–H groups in total. The molecular formula is C15H18FNO. The highest BCUT2D eigenvalue weighted by Crippen LogP contribution is 2.26. The molecule has 1 fully saturated rings. The summed E-state index contributed by atoms with van der Waals surface area (Å²) >= 11 is 0. The fourth-order valence-corrected chi connectivity index (χ4v) is 2.21. The molecule has 0 amide bonds. The summed E-state index contributed by atoms with van der Waals surface area (Å²) in [7, 11) is 0. The van der Waals surface area contributed by atoms with Crippen molar-refractivity contribution in [2.75, 3.05) is 6.54 Å². The van der Waals surface area contributed by atoms with Crippen molar-refractivity contribution in [3.05, 3.63) is 29.6 Å². The zero-order valence-corrected chi connectivity index (χ0v) is 10.4. The lowest BCUT2D eigenvalue weighted by Gasteiger charge is -2.23. The normalized spacial score (nSPS) is 15.9. The number of ether oxygens (including phenoxy) is 1. The van der Waals surface area contributed by atoms with Gasteiger partial charge in [-0.1, -0.05) is 18.3 Å². The van der Waals surface area contributed by atoms with E-state index in [1.807, 2.05) is 0 Å². The first-order chi connectivity index (χ1) is 8.79. The predicted octanol–water partition coefficient (Wildman–Crippen LogP) is 2.85. The summed E-state index contributed by atoms with van der Waals surface area (Å²) in [6.45, 7) is 0.292. The van der Waals surface area contributed by atoms with E-state index < -0.39 is 0 Å². The van der Waals surface area contributed by atoms with Crippen molar-refractivity contribution in [2.45, 2.75) is 38.2 Å². The first kappa shape index (κ1) is 12.9. The van der Waals surface area contributed by atoms with Crippen molar-refractivity contribution in [3.8, 4) is 17.6 Å². The molecular weight excluding hydrogens is 229 g/mol. The standard InChI is InChI=1S/C15H18FNO/c16-13-9-8-12(5-4-10-17)15(11-13)18-14-6-2-1-3-7-14/h8-9,11,14H,1-3,6-7,10,17H2. The van der Waals surface area contributed by atoms with Crippen LogP contribution in [0.25, 0.3) is 0 Å². The molecule has 1 aromatic carbocycles. The Morgan fingerprint density at radius 3 is 2.78 bits per heavy atom. The quantitative estimate of drug-likeness (QED) is 0.816. The van der Waals surface area contributed by atoms with Gasteiger partial charge in [0.25, 0.3) is 0 Å². The predicted molar refractivity (Wildman–Crippen MR) is 69.8 cm³/mol. The Hall–Kier alpha value is -1.53. The maximum absolute atomic E-state index is 13.3. The van der Waals surface area contributed by atoms with Crippen LogP contribution in [0.2, 0.25) is 0 Å². The van der Waals surface area contributed by atoms with Gasteiger partial charge in [-0.25, -0.2) is 4.39 Å². The lowest BCUT2D eigenvalue weighted by molar-refractivity contribution is 0.154. The molecule has 0 bridgehead atoms. The number of benzene rings is 1. The third-order valence-corrected chi connectivity index (χ3v) is 3.11. The number of hydrogen-bond acceptors (Lipinski definition) is 2. The van der Waals surface area contributed by atoms with Crippen LogP contribution in [0, 0.1) is 17.7 Å². The second-order valence-corrected chi connectivity index (χ2v) is 4.52. The fraction of sp³-hybridized carbons (Fsp3) is 0.467. The molecule has 2 rings (SSSR count). The Kier molecular flexibility index (Phi) is 4.60. The summed E-state index contributed by atoms with van der Waals surface area (Å²) in [6, 6.07) is 4.46. The monoisotopic (exact) mass is 247 g/mol. The fourth-order valence-electron chi connectivity index (χ4n) is 2.21. The zero-order chi connectivity index (χ0) is 12.8. The molecule has 2 nitrogen and oxygen atoms in total. The number of rotatable bonds is 2. The molecule has 3 heteroatoms. The van der Waals surface area contributed by atoms with Crippen LogP contribution in [0.3, 0.4) is 0 Å². The molecule has 1 aliphatic rings. The average Bonchev–Trinajstić information content (AvgIpc) is 2.39. The largest absolute Gasteiger partial charge is 0.489 e. The van der Waals surface area contributed by atoms with Gasteiger partial charge in [-0.05, 0) is 37.8 Å². The van der Waals surface area contributed by atoms with Gasteiger partial charge >= 0.3 is 0 Å². The van der Waals surface area contributed by atoms with E-state index in [9.17, 15) is 4.39 Å². The molecule has 0 unspecified atom stereocenters. The van der Waals surface area contributed by atoms with Crippen LogP contribution in [0.5, 0.6) is 5.75 Å². The molecule has 0 atom stereocenters. The van der Waals surface area contributed by atoms with Gasteiger partial charge in [-0.2, -0.15) is 0 Å². The summed E-state index contributed by atoms with van der Waals surface area (Å²) in [4.78, 5) is 0. The molecule has 0 heterocycles. The van der Waals surface area contributed by atoms with Crippen molar-refractivity contribution in [2.24, 2.45) is 5.73 Å². The van der Waals surface area contributed by atoms with Crippen molar-refractivity contribution in [1.29, 1.82) is 0 Å². The summed E-state index contributed by atoms with van der Waals surface area (Å²) in [5, 5.41) is 0. The molecule has 0 radical (unpaired) electrons. The molecule has 0 aromatic heterocycles. The van der Waals surface area contributed by atoms with Crippen LogP contribution in [-0.2, 0) is 0 Å².